The fraction of sp³-hybridized carbons (Fsp3) is 0.500. The van der Waals surface area contributed by atoms with Gasteiger partial charge in [-0.3, -0.25) is 14.4 Å². The molecule has 230 valence electrons. The standard InChI is InChI=1S/C32H45ClN4O5/c1-10-32(8,9)37(29(40)24(14-15-25(34)38)35-30(41)42-31(5,6)7)27(22-17-19(2)16-20(3)18-22)28(39)36-26-21(4)12-11-13-23(26)33/h11-13,16-18,24,27H,10,14-15H2,1-9H3,(H2,34,38)(H,35,41)(H,36,39). The van der Waals surface area contributed by atoms with Crippen LogP contribution in [0.25, 0.3) is 0 Å². The maximum Gasteiger partial charge on any atom is 0.408 e. The van der Waals surface area contributed by atoms with Gasteiger partial charge in [0.25, 0.3) is 5.91 Å². The molecule has 0 bridgehead atoms. The Morgan fingerprint density at radius 1 is 1.00 bits per heavy atom. The molecule has 0 radical (unpaired) electrons. The zero-order valence-electron chi connectivity index (χ0n) is 26.2. The maximum atomic E-state index is 14.5. The summed E-state index contributed by atoms with van der Waals surface area (Å²) in [5.74, 6) is -1.65. The lowest BCUT2D eigenvalue weighted by Gasteiger charge is -2.44. The fourth-order valence-electron chi connectivity index (χ4n) is 4.67. The number of alkyl carbamates (subject to hydrolysis) is 1. The number of aryl methyl sites for hydroxylation is 3. The zero-order chi connectivity index (χ0) is 32.0. The van der Waals surface area contributed by atoms with Gasteiger partial charge in [-0.05, 0) is 85.4 Å². The topological polar surface area (TPSA) is 131 Å². The van der Waals surface area contributed by atoms with Crippen LogP contribution >= 0.6 is 11.6 Å². The molecule has 0 aromatic heterocycles. The number of hydrogen-bond acceptors (Lipinski definition) is 5. The van der Waals surface area contributed by atoms with Crippen LogP contribution < -0.4 is 16.4 Å². The molecule has 2 aromatic rings. The maximum absolute atomic E-state index is 14.5. The van der Waals surface area contributed by atoms with E-state index in [4.69, 9.17) is 22.1 Å². The molecule has 10 heteroatoms. The van der Waals surface area contributed by atoms with Crippen LogP contribution in [0, 0.1) is 20.8 Å². The van der Waals surface area contributed by atoms with Crippen molar-refractivity contribution in [1.82, 2.24) is 10.2 Å². The second-order valence-electron chi connectivity index (χ2n) is 12.3. The van der Waals surface area contributed by atoms with E-state index in [2.05, 4.69) is 10.6 Å². The number of hydrogen-bond donors (Lipinski definition) is 3. The highest BCUT2D eigenvalue weighted by Gasteiger charge is 2.43. The van der Waals surface area contributed by atoms with Gasteiger partial charge in [-0.25, -0.2) is 4.79 Å². The van der Waals surface area contributed by atoms with Crippen molar-refractivity contribution < 1.29 is 23.9 Å². The Kier molecular flexibility index (Phi) is 11.6. The zero-order valence-corrected chi connectivity index (χ0v) is 26.9. The van der Waals surface area contributed by atoms with E-state index in [-0.39, 0.29) is 12.8 Å². The van der Waals surface area contributed by atoms with Crippen LogP contribution in [-0.2, 0) is 19.1 Å². The van der Waals surface area contributed by atoms with Gasteiger partial charge >= 0.3 is 6.09 Å². The minimum Gasteiger partial charge on any atom is -0.444 e. The Hall–Kier alpha value is -3.59. The van der Waals surface area contributed by atoms with Gasteiger partial charge in [0.1, 0.15) is 17.7 Å². The van der Waals surface area contributed by atoms with Crippen molar-refractivity contribution in [3.63, 3.8) is 0 Å². The number of rotatable bonds is 11. The predicted molar refractivity (Wildman–Crippen MR) is 166 cm³/mol. The summed E-state index contributed by atoms with van der Waals surface area (Å²) in [5.41, 5.74) is 7.35. The van der Waals surface area contributed by atoms with E-state index in [1.165, 1.54) is 4.90 Å². The number of nitrogens with zero attached hydrogens (tertiary/aromatic N) is 1. The summed E-state index contributed by atoms with van der Waals surface area (Å²) in [4.78, 5) is 54.9. The van der Waals surface area contributed by atoms with Crippen molar-refractivity contribution in [2.75, 3.05) is 5.32 Å². The minimum absolute atomic E-state index is 0.0749. The lowest BCUT2D eigenvalue weighted by Crippen LogP contribution is -2.59. The van der Waals surface area contributed by atoms with Gasteiger partial charge in [0.05, 0.1) is 10.7 Å². The predicted octanol–water partition coefficient (Wildman–Crippen LogP) is 6.12. The monoisotopic (exact) mass is 600 g/mol. The minimum atomic E-state index is -1.19. The summed E-state index contributed by atoms with van der Waals surface area (Å²) in [6.45, 7) is 16.4. The molecule has 0 aliphatic carbocycles. The Bertz CT molecular complexity index is 1280. The SMILES string of the molecule is CCC(C)(C)N(C(=O)C(CCC(N)=O)NC(=O)OC(C)(C)C)C(C(=O)Nc1c(C)cccc1Cl)c1cc(C)cc(C)c1. The van der Waals surface area contributed by atoms with Crippen LogP contribution in [0.3, 0.4) is 0 Å². The summed E-state index contributed by atoms with van der Waals surface area (Å²) in [5, 5.41) is 5.95. The van der Waals surface area contributed by atoms with Crippen LogP contribution in [0.5, 0.6) is 0 Å². The van der Waals surface area contributed by atoms with E-state index in [0.717, 1.165) is 16.7 Å². The number of para-hydroxylation sites is 1. The summed E-state index contributed by atoms with van der Waals surface area (Å²) in [6.07, 6.45) is -0.577. The Balaban J connectivity index is 2.74. The van der Waals surface area contributed by atoms with Crippen molar-refractivity contribution in [2.45, 2.75) is 105 Å². The molecule has 4 N–H and O–H groups in total. The second-order valence-corrected chi connectivity index (χ2v) is 12.7. The van der Waals surface area contributed by atoms with Gasteiger partial charge in [0.15, 0.2) is 0 Å². The van der Waals surface area contributed by atoms with Gasteiger partial charge in [-0.2, -0.15) is 0 Å². The third kappa shape index (κ3) is 9.48. The van der Waals surface area contributed by atoms with Crippen molar-refractivity contribution in [3.05, 3.63) is 63.7 Å². The summed E-state index contributed by atoms with van der Waals surface area (Å²) < 4.78 is 5.42. The molecule has 0 aliphatic rings. The number of benzene rings is 2. The van der Waals surface area contributed by atoms with Crippen LogP contribution in [0.2, 0.25) is 5.02 Å². The number of carbonyl (C=O) groups excluding carboxylic acids is 4. The molecule has 2 atom stereocenters. The molecule has 0 saturated carbocycles. The van der Waals surface area contributed by atoms with E-state index in [0.29, 0.717) is 22.7 Å². The molecule has 0 heterocycles. The first-order valence-corrected chi connectivity index (χ1v) is 14.5. The van der Waals surface area contributed by atoms with E-state index in [1.54, 1.807) is 32.9 Å². The highest BCUT2D eigenvalue weighted by molar-refractivity contribution is 6.34. The number of carbonyl (C=O) groups is 4. The normalized spacial score (nSPS) is 13.1. The number of halogens is 1. The summed E-state index contributed by atoms with van der Waals surface area (Å²) >= 11 is 6.46. The summed E-state index contributed by atoms with van der Waals surface area (Å²) in [7, 11) is 0. The molecule has 2 rings (SSSR count). The Labute approximate surface area is 254 Å². The quantitative estimate of drug-likeness (QED) is 0.286. The van der Waals surface area contributed by atoms with Crippen molar-refractivity contribution in [2.24, 2.45) is 5.73 Å². The van der Waals surface area contributed by atoms with Gasteiger partial charge in [0, 0.05) is 12.0 Å². The van der Waals surface area contributed by atoms with E-state index < -0.39 is 47.0 Å². The van der Waals surface area contributed by atoms with Crippen LogP contribution in [0.15, 0.2) is 36.4 Å². The molecule has 9 nitrogen and oxygen atoms in total. The lowest BCUT2D eigenvalue weighted by atomic mass is 9.90. The van der Waals surface area contributed by atoms with E-state index in [9.17, 15) is 19.2 Å². The molecule has 0 aliphatic heterocycles. The largest absolute Gasteiger partial charge is 0.444 e. The first-order chi connectivity index (χ1) is 19.4. The molecule has 2 unspecified atom stereocenters. The Morgan fingerprint density at radius 3 is 2.10 bits per heavy atom. The number of nitrogens with two attached hydrogens (primary N) is 1. The fourth-order valence-corrected chi connectivity index (χ4v) is 4.94. The lowest BCUT2D eigenvalue weighted by molar-refractivity contribution is -0.148. The number of amides is 4. The number of primary amides is 1. The average Bonchev–Trinajstić information content (AvgIpc) is 2.84. The van der Waals surface area contributed by atoms with Crippen molar-refractivity contribution in [1.29, 1.82) is 0 Å². The number of anilines is 1. The van der Waals surface area contributed by atoms with Crippen LogP contribution in [0.1, 0.15) is 89.1 Å². The van der Waals surface area contributed by atoms with Crippen molar-refractivity contribution >= 4 is 41.1 Å². The van der Waals surface area contributed by atoms with Crippen LogP contribution in [0.4, 0.5) is 10.5 Å². The van der Waals surface area contributed by atoms with Gasteiger partial charge in [0.2, 0.25) is 11.8 Å². The molecule has 42 heavy (non-hydrogen) atoms. The third-order valence-corrected chi connectivity index (χ3v) is 7.27. The van der Waals surface area contributed by atoms with Gasteiger partial charge in [-0.15, -0.1) is 0 Å². The molecule has 0 spiro atoms. The second kappa shape index (κ2) is 14.1. The van der Waals surface area contributed by atoms with E-state index >= 15 is 0 Å². The average molecular weight is 601 g/mol. The number of nitrogens with one attached hydrogen (secondary N) is 2. The third-order valence-electron chi connectivity index (χ3n) is 6.96. The molecule has 0 saturated heterocycles. The highest BCUT2D eigenvalue weighted by atomic mass is 35.5. The van der Waals surface area contributed by atoms with Gasteiger partial charge < -0.3 is 26.0 Å². The molecule has 0 fully saturated rings. The van der Waals surface area contributed by atoms with E-state index in [1.807, 2.05) is 65.8 Å². The first-order valence-electron chi connectivity index (χ1n) is 14.1. The molecule has 4 amide bonds. The Morgan fingerprint density at radius 2 is 1.60 bits per heavy atom. The smallest absolute Gasteiger partial charge is 0.408 e. The first kappa shape index (κ1) is 34.6. The molecule has 2 aromatic carbocycles. The molecular weight excluding hydrogens is 556 g/mol. The molecular formula is C32H45ClN4O5. The highest BCUT2D eigenvalue weighted by Crippen LogP contribution is 2.35. The summed E-state index contributed by atoms with van der Waals surface area (Å²) in [6, 6.07) is 8.70. The van der Waals surface area contributed by atoms with Crippen molar-refractivity contribution in [3.8, 4) is 0 Å². The van der Waals surface area contributed by atoms with Gasteiger partial charge in [-0.1, -0.05) is 60.0 Å². The number of ether oxygens (including phenoxy) is 1. The van der Waals surface area contributed by atoms with Crippen LogP contribution in [-0.4, -0.2) is 45.9 Å².